The number of pyridine rings is 1. The lowest BCUT2D eigenvalue weighted by molar-refractivity contribution is -0.124. The summed E-state index contributed by atoms with van der Waals surface area (Å²) in [4.78, 5) is 54.0. The van der Waals surface area contributed by atoms with Crippen LogP contribution in [0.25, 0.3) is 0 Å². The van der Waals surface area contributed by atoms with E-state index in [-0.39, 0.29) is 46.4 Å². The molecule has 0 bridgehead atoms. The standard InChI is InChI=1S/C32H39N7O8S/c1-20(2)16-25(36-31(43)47-32(3,4)5)30(42)39-38-29(41)22-12-10-21(11-13-22)17-34-28(40)24-14-15-27(33-18-24)37-35-19-23-8-6-7-9-26(23)48(44,45)46/h6-15,18,20,25H,16-17,19H2,1-5H3,(H,34,40)(H,36,43)(H,38,41)(H,39,42)(H,44,45,46)/t25-/m0/s1. The Balaban J connectivity index is 1.49. The molecule has 1 aromatic heterocycles. The number of alkyl carbamates (subject to hydrolysis) is 1. The van der Waals surface area contributed by atoms with Crippen molar-refractivity contribution in [3.8, 4) is 0 Å². The molecule has 2 aromatic carbocycles. The Morgan fingerprint density at radius 1 is 0.917 bits per heavy atom. The molecule has 0 aliphatic rings. The van der Waals surface area contributed by atoms with E-state index in [1.807, 2.05) is 13.8 Å². The van der Waals surface area contributed by atoms with Crippen molar-refractivity contribution in [3.63, 3.8) is 0 Å². The van der Waals surface area contributed by atoms with Crippen LogP contribution in [0.1, 0.15) is 72.9 Å². The summed E-state index contributed by atoms with van der Waals surface area (Å²) < 4.78 is 37.6. The predicted molar refractivity (Wildman–Crippen MR) is 175 cm³/mol. The lowest BCUT2D eigenvalue weighted by Gasteiger charge is -2.24. The number of ether oxygens (including phenoxy) is 1. The highest BCUT2D eigenvalue weighted by Gasteiger charge is 2.25. The molecule has 0 saturated carbocycles. The predicted octanol–water partition coefficient (Wildman–Crippen LogP) is 4.24. The molecule has 48 heavy (non-hydrogen) atoms. The average Bonchev–Trinajstić information content (AvgIpc) is 3.01. The molecule has 0 radical (unpaired) electrons. The number of aromatic nitrogens is 1. The average molecular weight is 682 g/mol. The monoisotopic (exact) mass is 681 g/mol. The second-order valence-electron chi connectivity index (χ2n) is 12.0. The maximum Gasteiger partial charge on any atom is 0.408 e. The maximum atomic E-state index is 12.7. The fourth-order valence-electron chi connectivity index (χ4n) is 4.14. The van der Waals surface area contributed by atoms with Crippen LogP contribution in [-0.4, -0.2) is 53.4 Å². The van der Waals surface area contributed by atoms with Crippen LogP contribution >= 0.6 is 0 Å². The lowest BCUT2D eigenvalue weighted by Crippen LogP contribution is -2.53. The van der Waals surface area contributed by atoms with Gasteiger partial charge in [-0.3, -0.25) is 29.8 Å². The largest absolute Gasteiger partial charge is 0.444 e. The molecule has 5 N–H and O–H groups in total. The molecule has 0 aliphatic heterocycles. The Morgan fingerprint density at radius 2 is 1.58 bits per heavy atom. The first-order chi connectivity index (χ1) is 22.5. The topological polar surface area (TPSA) is 218 Å². The van der Waals surface area contributed by atoms with Crippen LogP contribution in [0.15, 0.2) is 82.0 Å². The molecule has 1 heterocycles. The van der Waals surface area contributed by atoms with Crippen molar-refractivity contribution in [2.24, 2.45) is 16.1 Å². The Kier molecular flexibility index (Phi) is 12.8. The zero-order valence-corrected chi connectivity index (χ0v) is 28.0. The van der Waals surface area contributed by atoms with E-state index in [4.69, 9.17) is 4.74 Å². The van der Waals surface area contributed by atoms with Gasteiger partial charge in [0, 0.05) is 18.3 Å². The number of carbonyl (C=O) groups is 4. The number of benzene rings is 2. The van der Waals surface area contributed by atoms with E-state index in [1.54, 1.807) is 39.0 Å². The van der Waals surface area contributed by atoms with Crippen molar-refractivity contribution in [2.75, 3.05) is 0 Å². The van der Waals surface area contributed by atoms with Crippen molar-refractivity contribution < 1.29 is 36.9 Å². The molecule has 0 spiro atoms. The number of azo groups is 1. The normalized spacial score (nSPS) is 12.3. The van der Waals surface area contributed by atoms with Crippen molar-refractivity contribution in [2.45, 2.75) is 70.7 Å². The first-order valence-corrected chi connectivity index (χ1v) is 16.3. The Hall–Kier alpha value is -5.22. The number of nitrogens with zero attached hydrogens (tertiary/aromatic N) is 3. The highest BCUT2D eigenvalue weighted by atomic mass is 32.2. The smallest absolute Gasteiger partial charge is 0.408 e. The molecule has 4 amide bonds. The van der Waals surface area contributed by atoms with Crippen molar-refractivity contribution in [1.29, 1.82) is 0 Å². The summed E-state index contributed by atoms with van der Waals surface area (Å²) in [6.07, 6.45) is 0.893. The molecule has 256 valence electrons. The minimum absolute atomic E-state index is 0.0745. The van der Waals surface area contributed by atoms with Crippen molar-refractivity contribution in [3.05, 3.63) is 89.1 Å². The number of hydrazine groups is 1. The summed E-state index contributed by atoms with van der Waals surface area (Å²) in [5.41, 5.74) is 5.42. The first-order valence-electron chi connectivity index (χ1n) is 14.9. The quantitative estimate of drug-likeness (QED) is 0.105. The summed E-state index contributed by atoms with van der Waals surface area (Å²) in [7, 11) is -4.40. The number of rotatable bonds is 12. The maximum absolute atomic E-state index is 12.7. The van der Waals surface area contributed by atoms with Crippen LogP contribution in [0.4, 0.5) is 10.6 Å². The van der Waals surface area contributed by atoms with Gasteiger partial charge in [-0.2, -0.15) is 13.5 Å². The van der Waals surface area contributed by atoms with Crippen molar-refractivity contribution in [1.82, 2.24) is 26.5 Å². The molecule has 1 atom stereocenters. The molecular weight excluding hydrogens is 642 g/mol. The molecular formula is C32H39N7O8S. The SMILES string of the molecule is CC(C)C[C@H](NC(=O)OC(C)(C)C)C(=O)NNC(=O)c1ccc(CNC(=O)c2ccc(N=NCc3ccccc3S(=O)(=O)O)nc2)cc1. The van der Waals surface area contributed by atoms with Gasteiger partial charge in [0.05, 0.1) is 17.0 Å². The van der Waals surface area contributed by atoms with Crippen LogP contribution in [-0.2, 0) is 32.7 Å². The van der Waals surface area contributed by atoms with Crippen LogP contribution in [0.5, 0.6) is 0 Å². The van der Waals surface area contributed by atoms with E-state index < -0.39 is 45.6 Å². The Bertz CT molecular complexity index is 1740. The second kappa shape index (κ2) is 16.6. The molecule has 0 aliphatic carbocycles. The van der Waals surface area contributed by atoms with Gasteiger partial charge >= 0.3 is 6.09 Å². The van der Waals surface area contributed by atoms with Gasteiger partial charge in [0.15, 0.2) is 5.82 Å². The first kappa shape index (κ1) is 37.2. The number of carbonyl (C=O) groups excluding carboxylic acids is 4. The zero-order chi connectivity index (χ0) is 35.5. The lowest BCUT2D eigenvalue weighted by atomic mass is 10.0. The van der Waals surface area contributed by atoms with Gasteiger partial charge in [-0.25, -0.2) is 9.78 Å². The summed E-state index contributed by atoms with van der Waals surface area (Å²) in [5, 5.41) is 13.2. The van der Waals surface area contributed by atoms with E-state index in [0.717, 1.165) is 0 Å². The second-order valence-corrected chi connectivity index (χ2v) is 13.4. The minimum atomic E-state index is -4.40. The summed E-state index contributed by atoms with van der Waals surface area (Å²) in [6.45, 7) is 8.95. The fraction of sp³-hybridized carbons (Fsp3) is 0.344. The summed E-state index contributed by atoms with van der Waals surface area (Å²) >= 11 is 0. The molecule has 0 saturated heterocycles. The van der Waals surface area contributed by atoms with Crippen molar-refractivity contribution >= 4 is 39.8 Å². The molecule has 16 heteroatoms. The van der Waals surface area contributed by atoms with E-state index in [9.17, 15) is 32.1 Å². The van der Waals surface area contributed by atoms with Crippen LogP contribution in [0.2, 0.25) is 0 Å². The van der Waals surface area contributed by atoms with Crippen LogP contribution in [0, 0.1) is 5.92 Å². The third-order valence-electron chi connectivity index (χ3n) is 6.36. The summed E-state index contributed by atoms with van der Waals surface area (Å²) in [6, 6.07) is 14.2. The molecule has 15 nitrogen and oxygen atoms in total. The Labute approximate surface area is 278 Å². The van der Waals surface area contributed by atoms with Crippen LogP contribution in [0.3, 0.4) is 0 Å². The number of hydrogen-bond acceptors (Lipinski definition) is 10. The highest BCUT2D eigenvalue weighted by molar-refractivity contribution is 7.85. The van der Waals surface area contributed by atoms with Gasteiger partial charge in [0.1, 0.15) is 11.6 Å². The van der Waals surface area contributed by atoms with Gasteiger partial charge in [-0.05, 0) is 74.6 Å². The molecule has 3 rings (SSSR count). The van der Waals surface area contributed by atoms with Gasteiger partial charge in [0.2, 0.25) is 0 Å². The van der Waals surface area contributed by atoms with Crippen LogP contribution < -0.4 is 21.5 Å². The third kappa shape index (κ3) is 12.2. The zero-order valence-electron chi connectivity index (χ0n) is 27.2. The van der Waals surface area contributed by atoms with E-state index in [0.29, 0.717) is 12.0 Å². The number of nitrogens with one attached hydrogen (secondary N) is 4. The Morgan fingerprint density at radius 3 is 2.19 bits per heavy atom. The van der Waals surface area contributed by atoms with Gasteiger partial charge in [-0.15, -0.1) is 5.11 Å². The number of amides is 4. The highest BCUT2D eigenvalue weighted by Crippen LogP contribution is 2.18. The minimum Gasteiger partial charge on any atom is -0.444 e. The van der Waals surface area contributed by atoms with E-state index in [2.05, 4.69) is 36.7 Å². The molecule has 3 aromatic rings. The van der Waals surface area contributed by atoms with E-state index in [1.165, 1.54) is 48.7 Å². The van der Waals surface area contributed by atoms with Gasteiger partial charge in [0.25, 0.3) is 27.8 Å². The molecule has 0 fully saturated rings. The van der Waals surface area contributed by atoms with Gasteiger partial charge in [-0.1, -0.05) is 44.2 Å². The number of hydrogen-bond donors (Lipinski definition) is 5. The third-order valence-corrected chi connectivity index (χ3v) is 7.31. The molecule has 0 unspecified atom stereocenters. The van der Waals surface area contributed by atoms with E-state index >= 15 is 0 Å². The fourth-order valence-corrected chi connectivity index (χ4v) is 4.85. The summed E-state index contributed by atoms with van der Waals surface area (Å²) in [5.74, 6) is -1.32. The van der Waals surface area contributed by atoms with Gasteiger partial charge < -0.3 is 15.4 Å².